The second-order valence-corrected chi connectivity index (χ2v) is 33.6. The van der Waals surface area contributed by atoms with Crippen LogP contribution in [0, 0.1) is 0 Å². The molecule has 8 heterocycles. The van der Waals surface area contributed by atoms with Gasteiger partial charge in [0, 0.05) is 74.1 Å². The molecule has 0 aliphatic rings. The molecule has 0 radical (unpaired) electrons. The molecule has 0 unspecified atom stereocenters. The second-order valence-electron chi connectivity index (χ2n) is 33.6. The molecule has 680 valence electrons. The quantitative estimate of drug-likeness (QED) is 0.0186. The van der Waals surface area contributed by atoms with Crippen molar-refractivity contribution >= 4 is 23.9 Å². The van der Waals surface area contributed by atoms with Gasteiger partial charge in [-0.1, -0.05) is 222 Å². The van der Waals surface area contributed by atoms with Crippen molar-refractivity contribution in [3.63, 3.8) is 0 Å². The third-order valence-electron chi connectivity index (χ3n) is 21.7. The van der Waals surface area contributed by atoms with Crippen LogP contribution in [0.15, 0.2) is 194 Å². The fourth-order valence-electron chi connectivity index (χ4n) is 15.6. The minimum absolute atomic E-state index is 0.0254. The van der Waals surface area contributed by atoms with E-state index in [1.54, 1.807) is 73.7 Å². The van der Waals surface area contributed by atoms with Crippen LogP contribution < -0.4 is 0 Å². The van der Waals surface area contributed by atoms with Gasteiger partial charge in [0.25, 0.3) is 0 Å². The number of aromatic amines is 4. The molecule has 0 aliphatic carbocycles. The summed E-state index contributed by atoms with van der Waals surface area (Å²) < 4.78 is 6.78. The third-order valence-corrected chi connectivity index (χ3v) is 21.7. The largest absolute Gasteiger partial charge is 0.477 e. The molecule has 36 heteroatoms. The molecule has 16 aromatic rings. The van der Waals surface area contributed by atoms with Crippen molar-refractivity contribution in [2.24, 2.45) is 0 Å². The molecule has 8 aromatic heterocycles. The summed E-state index contributed by atoms with van der Waals surface area (Å²) in [4.78, 5) is 66.4. The molecule has 132 heavy (non-hydrogen) atoms. The van der Waals surface area contributed by atoms with Gasteiger partial charge in [-0.3, -0.25) is 0 Å². The number of carboxylic acids is 4. The number of carboxylic acid groups (broad SMARTS) is 4. The Hall–Kier alpha value is -15.4. The van der Waals surface area contributed by atoms with Crippen molar-refractivity contribution in [3.8, 4) is 90.1 Å². The summed E-state index contributed by atoms with van der Waals surface area (Å²) >= 11 is 0. The Bertz CT molecular complexity index is 5820. The van der Waals surface area contributed by atoms with E-state index in [1.807, 2.05) is 222 Å². The molecule has 0 spiro atoms. The van der Waals surface area contributed by atoms with E-state index in [0.29, 0.717) is 98.5 Å². The molecule has 36 nitrogen and oxygen atoms in total. The number of hydrogen-bond acceptors (Lipinski definition) is 24. The van der Waals surface area contributed by atoms with Gasteiger partial charge in [0.15, 0.2) is 22.8 Å². The average Bonchev–Trinajstić information content (AvgIpc) is 1.65. The van der Waals surface area contributed by atoms with Crippen molar-refractivity contribution in [1.29, 1.82) is 0 Å². The van der Waals surface area contributed by atoms with Crippen LogP contribution in [0.2, 0.25) is 0 Å². The molecule has 0 saturated carbocycles. The normalized spacial score (nSPS) is 11.6. The number of benzene rings is 8. The molecular formula is C96H104N24O12. The number of aryl methyl sites for hydroxylation is 4. The van der Waals surface area contributed by atoms with Crippen LogP contribution in [-0.2, 0) is 74.3 Å². The number of imidazole rings is 4. The molecule has 0 fully saturated rings. The van der Waals surface area contributed by atoms with Crippen LogP contribution in [0.3, 0.4) is 0 Å². The van der Waals surface area contributed by atoms with E-state index in [0.717, 1.165) is 115 Å². The lowest BCUT2D eigenvalue weighted by atomic mass is 9.98. The first-order valence-electron chi connectivity index (χ1n) is 43.1. The van der Waals surface area contributed by atoms with Crippen LogP contribution in [0.1, 0.15) is 219 Å². The van der Waals surface area contributed by atoms with Gasteiger partial charge in [0.1, 0.15) is 68.5 Å². The minimum Gasteiger partial charge on any atom is -0.477 e. The number of aliphatic hydroxyl groups is 4. The van der Waals surface area contributed by atoms with Crippen LogP contribution in [-0.4, -0.2) is 185 Å². The van der Waals surface area contributed by atoms with Gasteiger partial charge < -0.3 is 59.1 Å². The van der Waals surface area contributed by atoms with Gasteiger partial charge >= 0.3 is 23.9 Å². The summed E-state index contributed by atoms with van der Waals surface area (Å²) in [6, 6.07) is 62.9. The number of aromatic nitrogens is 24. The van der Waals surface area contributed by atoms with Gasteiger partial charge in [-0.25, -0.2) is 39.1 Å². The first kappa shape index (κ1) is 94.2. The molecule has 0 aliphatic heterocycles. The van der Waals surface area contributed by atoms with Gasteiger partial charge in [-0.15, -0.1) is 40.8 Å². The Morgan fingerprint density at radius 2 is 0.447 bits per heavy atom. The Kier molecular flexibility index (Phi) is 29.2. The first-order valence-corrected chi connectivity index (χ1v) is 43.1. The Balaban J connectivity index is 0.000000150. The number of rotatable bonds is 32. The highest BCUT2D eigenvalue weighted by Crippen LogP contribution is 2.38. The van der Waals surface area contributed by atoms with E-state index >= 15 is 0 Å². The molecule has 16 rings (SSSR count). The maximum atomic E-state index is 12.1. The van der Waals surface area contributed by atoms with Crippen LogP contribution in [0.4, 0.5) is 0 Å². The lowest BCUT2D eigenvalue weighted by Crippen LogP contribution is -2.22. The highest BCUT2D eigenvalue weighted by molar-refractivity contribution is 5.91. The summed E-state index contributed by atoms with van der Waals surface area (Å²) in [5, 5.41) is 139. The summed E-state index contributed by atoms with van der Waals surface area (Å²) in [5.41, 5.74) is 10.4. The topological polar surface area (TPSA) is 519 Å². The van der Waals surface area contributed by atoms with Crippen molar-refractivity contribution in [2.75, 3.05) is 0 Å². The summed E-state index contributed by atoms with van der Waals surface area (Å²) in [5.74, 6) is 0.255. The van der Waals surface area contributed by atoms with E-state index in [1.165, 1.54) is 0 Å². The zero-order chi connectivity index (χ0) is 94.3. The lowest BCUT2D eigenvalue weighted by molar-refractivity contribution is 0.0601. The number of carbonyl (C=O) groups is 4. The van der Waals surface area contributed by atoms with Crippen LogP contribution >= 0.6 is 0 Å². The standard InChI is InChI=1S/4C24H26N6O3/c4*1-4-7-19-25-21(24(2,3)33)20(23(31)32)30(19)14-15-10-12-16(13-11-15)17-8-5-6-9-18(17)22-26-28-29-27-22/h4*5-6,8-13,33H,4,7,14H2,1-3H3,(H,31,32)(H,26,27,28,29). The van der Waals surface area contributed by atoms with Crippen molar-refractivity contribution in [3.05, 3.63) is 285 Å². The molecule has 0 atom stereocenters. The monoisotopic (exact) mass is 1780 g/mol. The molecular weight excluding hydrogens is 1680 g/mol. The Morgan fingerprint density at radius 3 is 0.591 bits per heavy atom. The zero-order valence-electron chi connectivity index (χ0n) is 75.1. The number of aromatic carboxylic acids is 4. The SMILES string of the molecule is CCCc1nc(C(C)(C)O)c(C(=O)O)n1Cc1ccc(-c2ccccc2-c2nn[nH]n2)cc1.CCCc1nc(C(C)(C)O)c(C(=O)O)n1Cc1ccc(-c2ccccc2-c2nn[nH]n2)cc1.CCCc1nc(C(C)(C)O)c(C(=O)O)n1Cc1ccc(-c2ccccc2-c2nn[nH]n2)cc1.CCCc1nc(C(C)(C)O)c(C(=O)O)n1Cc1ccc(-c2ccccc2-c2nn[nH]n2)cc1. The van der Waals surface area contributed by atoms with Crippen LogP contribution in [0.5, 0.6) is 0 Å². The first-order chi connectivity index (χ1) is 63.2. The molecule has 0 amide bonds. The smallest absolute Gasteiger partial charge is 0.354 e. The summed E-state index contributed by atoms with van der Waals surface area (Å²) in [6.45, 7) is 21.8. The molecule has 12 N–H and O–H groups in total. The number of tetrazole rings is 4. The van der Waals surface area contributed by atoms with E-state index in [2.05, 4.69) is 102 Å². The highest BCUT2D eigenvalue weighted by Gasteiger charge is 2.36. The number of hydrogen-bond donors (Lipinski definition) is 12. The average molecular weight is 1790 g/mol. The second kappa shape index (κ2) is 40.9. The van der Waals surface area contributed by atoms with Crippen molar-refractivity contribution < 1.29 is 60.0 Å². The maximum Gasteiger partial charge on any atom is 0.354 e. The molecule has 8 aromatic carbocycles. The van der Waals surface area contributed by atoms with E-state index in [4.69, 9.17) is 0 Å². The third kappa shape index (κ3) is 21.8. The lowest BCUT2D eigenvalue weighted by Gasteiger charge is -2.16. The van der Waals surface area contributed by atoms with E-state index in [9.17, 15) is 60.0 Å². The fraction of sp³-hybridized carbons (Fsp3) is 0.292. The predicted molar refractivity (Wildman–Crippen MR) is 490 cm³/mol. The summed E-state index contributed by atoms with van der Waals surface area (Å²) in [7, 11) is 0. The Labute approximate surface area is 759 Å². The molecule has 0 bridgehead atoms. The van der Waals surface area contributed by atoms with Gasteiger partial charge in [-0.2, -0.15) is 20.9 Å². The van der Waals surface area contributed by atoms with Crippen molar-refractivity contribution in [2.45, 2.75) is 183 Å². The van der Waals surface area contributed by atoms with Gasteiger partial charge in [0.05, 0.1) is 0 Å². The van der Waals surface area contributed by atoms with E-state index in [-0.39, 0.29) is 45.6 Å². The number of H-pyrrole nitrogens is 4. The minimum atomic E-state index is -1.36. The Morgan fingerprint density at radius 1 is 0.273 bits per heavy atom. The maximum absolute atomic E-state index is 12.1. The highest BCUT2D eigenvalue weighted by atomic mass is 16.4. The van der Waals surface area contributed by atoms with Gasteiger partial charge in [-0.05, 0) is 169 Å². The van der Waals surface area contributed by atoms with Crippen molar-refractivity contribution in [1.82, 2.24) is 121 Å². The van der Waals surface area contributed by atoms with E-state index < -0.39 is 46.3 Å². The summed E-state index contributed by atoms with van der Waals surface area (Å²) in [6.07, 6.45) is 5.72. The van der Waals surface area contributed by atoms with Crippen LogP contribution in [0.25, 0.3) is 90.1 Å². The number of nitrogens with one attached hydrogen (secondary N) is 4. The fourth-order valence-corrected chi connectivity index (χ4v) is 15.6. The molecule has 0 saturated heterocycles. The predicted octanol–water partition coefficient (Wildman–Crippen LogP) is 14.6. The zero-order valence-corrected chi connectivity index (χ0v) is 75.1. The van der Waals surface area contributed by atoms with Gasteiger partial charge in [0.2, 0.25) is 23.3 Å². The number of nitrogens with zero attached hydrogens (tertiary/aromatic N) is 20.